The normalized spacial score (nSPS) is 22.9. The van der Waals surface area contributed by atoms with Crippen LogP contribution in [-0.4, -0.2) is 24.4 Å². The highest BCUT2D eigenvalue weighted by Gasteiger charge is 2.53. The Bertz CT molecular complexity index is 1200. The van der Waals surface area contributed by atoms with Crippen molar-refractivity contribution in [1.82, 2.24) is 19.3 Å². The first kappa shape index (κ1) is 18.3. The highest BCUT2D eigenvalue weighted by Crippen LogP contribution is 2.57. The Hall–Kier alpha value is -2.71. The van der Waals surface area contributed by atoms with Crippen molar-refractivity contribution in [3.63, 3.8) is 0 Å². The summed E-state index contributed by atoms with van der Waals surface area (Å²) in [6, 6.07) is 8.40. The van der Waals surface area contributed by atoms with Gasteiger partial charge >= 0.3 is 5.69 Å². The molecule has 9 heteroatoms. The first-order valence-electron chi connectivity index (χ1n) is 9.52. The minimum absolute atomic E-state index is 0.0904. The first-order chi connectivity index (χ1) is 13.9. The van der Waals surface area contributed by atoms with E-state index in [2.05, 4.69) is 17.1 Å². The largest absolute Gasteiger partial charge is 0.388 e. The molecule has 0 saturated heterocycles. The van der Waals surface area contributed by atoms with Crippen molar-refractivity contribution in [2.75, 3.05) is 0 Å². The van der Waals surface area contributed by atoms with E-state index >= 15 is 0 Å². The summed E-state index contributed by atoms with van der Waals surface area (Å²) < 4.78 is 8.00. The molecule has 3 aromatic rings. The number of hydrogen-bond donors (Lipinski definition) is 1. The van der Waals surface area contributed by atoms with Gasteiger partial charge in [0.25, 0.3) is 5.56 Å². The van der Waals surface area contributed by atoms with E-state index < -0.39 is 6.10 Å². The summed E-state index contributed by atoms with van der Waals surface area (Å²) in [5, 5.41) is 14.8. The Labute approximate surface area is 170 Å². The third-order valence-corrected chi connectivity index (χ3v) is 6.29. The number of aliphatic hydroxyl groups excluding tert-OH is 1. The van der Waals surface area contributed by atoms with Gasteiger partial charge in [0.1, 0.15) is 6.54 Å². The lowest BCUT2D eigenvalue weighted by molar-refractivity contribution is 0.174. The van der Waals surface area contributed by atoms with Gasteiger partial charge in [-0.05, 0) is 29.5 Å². The third-order valence-electron chi connectivity index (χ3n) is 6.04. The molecular weight excluding hydrogens is 396 g/mol. The third kappa shape index (κ3) is 3.12. The Morgan fingerprint density at radius 1 is 1.31 bits per heavy atom. The number of aromatic nitrogens is 4. The first-order valence-corrected chi connectivity index (χ1v) is 9.89. The lowest BCUT2D eigenvalue weighted by Crippen LogP contribution is -2.40. The van der Waals surface area contributed by atoms with Crippen LogP contribution in [0.25, 0.3) is 0 Å². The summed E-state index contributed by atoms with van der Waals surface area (Å²) in [5.74, 6) is 1.78. The number of benzene rings is 1. The lowest BCUT2D eigenvalue weighted by Gasteiger charge is -2.10. The van der Waals surface area contributed by atoms with Crippen LogP contribution in [0.4, 0.5) is 0 Å². The Morgan fingerprint density at radius 2 is 2.07 bits per heavy atom. The van der Waals surface area contributed by atoms with E-state index in [4.69, 9.17) is 16.1 Å². The predicted molar refractivity (Wildman–Crippen MR) is 104 cm³/mol. The smallest absolute Gasteiger partial charge is 0.331 e. The molecule has 0 bridgehead atoms. The van der Waals surface area contributed by atoms with Gasteiger partial charge in [-0.25, -0.2) is 4.79 Å². The number of halogens is 1. The summed E-state index contributed by atoms with van der Waals surface area (Å²) >= 11 is 5.86. The summed E-state index contributed by atoms with van der Waals surface area (Å²) in [5.41, 5.74) is 0.822. The van der Waals surface area contributed by atoms with Gasteiger partial charge in [0.15, 0.2) is 5.82 Å². The number of aliphatic hydroxyl groups is 1. The van der Waals surface area contributed by atoms with Gasteiger partial charge in [0.2, 0.25) is 5.89 Å². The SMILES string of the molecule is C[C@@H]1[C@@H]2Cn3c(cc(=O)n(Cc4nc(C[C@H](O)c5ccc(Cl)cc5)no4)c3=O)[C@H]12. The molecule has 0 amide bonds. The number of hydrogen-bond acceptors (Lipinski definition) is 6. The standard InChI is InChI=1S/C20H19ClN4O4/c1-10-13-8-24-14(19(10)13)6-18(27)25(20(24)28)9-17-22-16(23-29-17)7-15(26)11-2-4-12(21)5-3-11/h2-6,10,13,15,19,26H,7-9H2,1H3/t10-,13+,15+,19-/m1/s1. The van der Waals surface area contributed by atoms with Gasteiger partial charge in [-0.2, -0.15) is 4.98 Å². The maximum atomic E-state index is 12.7. The van der Waals surface area contributed by atoms with Gasteiger partial charge in [0, 0.05) is 35.7 Å². The van der Waals surface area contributed by atoms with E-state index in [1.54, 1.807) is 34.9 Å². The monoisotopic (exact) mass is 414 g/mol. The lowest BCUT2D eigenvalue weighted by atomic mass is 10.1. The molecule has 1 N–H and O–H groups in total. The Kier molecular flexibility index (Phi) is 4.22. The molecule has 8 nitrogen and oxygen atoms in total. The van der Waals surface area contributed by atoms with Crippen molar-refractivity contribution < 1.29 is 9.63 Å². The summed E-state index contributed by atoms with van der Waals surface area (Å²) in [7, 11) is 0. The summed E-state index contributed by atoms with van der Waals surface area (Å²) in [6.07, 6.45) is -0.676. The van der Waals surface area contributed by atoms with Crippen LogP contribution in [0.2, 0.25) is 5.02 Å². The second kappa shape index (κ2) is 6.67. The molecule has 0 radical (unpaired) electrons. The molecule has 5 rings (SSSR count). The molecule has 1 fully saturated rings. The Morgan fingerprint density at radius 3 is 2.83 bits per heavy atom. The van der Waals surface area contributed by atoms with E-state index in [1.165, 1.54) is 0 Å². The van der Waals surface area contributed by atoms with Gasteiger partial charge in [0.05, 0.1) is 6.10 Å². The fourth-order valence-corrected chi connectivity index (χ4v) is 4.44. The minimum Gasteiger partial charge on any atom is -0.388 e. The molecule has 1 aliphatic heterocycles. The second-order valence-corrected chi connectivity index (χ2v) is 8.25. The average Bonchev–Trinajstić information content (AvgIpc) is 3.02. The highest BCUT2D eigenvalue weighted by atomic mass is 35.5. The van der Waals surface area contributed by atoms with Crippen LogP contribution in [0.1, 0.15) is 41.9 Å². The quantitative estimate of drug-likeness (QED) is 0.682. The summed E-state index contributed by atoms with van der Waals surface area (Å²) in [4.78, 5) is 29.5. The van der Waals surface area contributed by atoms with Crippen LogP contribution in [-0.2, 0) is 19.5 Å². The minimum atomic E-state index is -0.820. The predicted octanol–water partition coefficient (Wildman–Crippen LogP) is 1.73. The molecule has 29 heavy (non-hydrogen) atoms. The van der Waals surface area contributed by atoms with E-state index in [0.717, 1.165) is 10.3 Å². The zero-order valence-electron chi connectivity index (χ0n) is 15.7. The van der Waals surface area contributed by atoms with E-state index in [1.807, 2.05) is 0 Å². The van der Waals surface area contributed by atoms with E-state index in [0.29, 0.717) is 40.7 Å². The van der Waals surface area contributed by atoms with Crippen LogP contribution >= 0.6 is 11.6 Å². The van der Waals surface area contributed by atoms with Gasteiger partial charge in [-0.3, -0.25) is 13.9 Å². The molecule has 1 aliphatic carbocycles. The van der Waals surface area contributed by atoms with Crippen molar-refractivity contribution in [3.05, 3.63) is 79.2 Å². The number of nitrogens with zero attached hydrogens (tertiary/aromatic N) is 4. The van der Waals surface area contributed by atoms with Crippen molar-refractivity contribution >= 4 is 11.6 Å². The molecule has 1 aromatic carbocycles. The van der Waals surface area contributed by atoms with Crippen molar-refractivity contribution in [1.29, 1.82) is 0 Å². The van der Waals surface area contributed by atoms with Gasteiger partial charge in [-0.15, -0.1) is 0 Å². The Balaban J connectivity index is 1.34. The maximum absolute atomic E-state index is 12.7. The van der Waals surface area contributed by atoms with Crippen molar-refractivity contribution in [3.8, 4) is 0 Å². The molecule has 0 unspecified atom stereocenters. The van der Waals surface area contributed by atoms with Crippen LogP contribution < -0.4 is 11.2 Å². The molecule has 3 heterocycles. The highest BCUT2D eigenvalue weighted by molar-refractivity contribution is 6.30. The van der Waals surface area contributed by atoms with Crippen LogP contribution in [0.15, 0.2) is 44.4 Å². The molecule has 150 valence electrons. The second-order valence-electron chi connectivity index (χ2n) is 7.81. The van der Waals surface area contributed by atoms with Crippen molar-refractivity contribution in [2.24, 2.45) is 11.8 Å². The van der Waals surface area contributed by atoms with Gasteiger partial charge in [-0.1, -0.05) is 35.8 Å². The molecule has 2 aromatic heterocycles. The zero-order chi connectivity index (χ0) is 20.3. The fourth-order valence-electron chi connectivity index (χ4n) is 4.31. The van der Waals surface area contributed by atoms with Crippen LogP contribution in [0.3, 0.4) is 0 Å². The van der Waals surface area contributed by atoms with Crippen LogP contribution in [0, 0.1) is 11.8 Å². The number of fused-ring (bicyclic) bond motifs is 3. The molecule has 1 saturated carbocycles. The van der Waals surface area contributed by atoms with Crippen LogP contribution in [0.5, 0.6) is 0 Å². The fraction of sp³-hybridized carbons (Fsp3) is 0.400. The topological polar surface area (TPSA) is 103 Å². The molecule has 2 aliphatic rings. The molecular formula is C20H19ClN4O4. The molecule has 4 atom stereocenters. The average molecular weight is 415 g/mol. The maximum Gasteiger partial charge on any atom is 0.331 e. The van der Waals surface area contributed by atoms with Crippen molar-refractivity contribution in [2.45, 2.75) is 38.5 Å². The number of rotatable bonds is 5. The summed E-state index contributed by atoms with van der Waals surface area (Å²) in [6.45, 7) is 2.71. The molecule has 0 spiro atoms. The zero-order valence-corrected chi connectivity index (χ0v) is 16.4. The van der Waals surface area contributed by atoms with E-state index in [-0.39, 0.29) is 30.1 Å². The van der Waals surface area contributed by atoms with E-state index in [9.17, 15) is 14.7 Å². The van der Waals surface area contributed by atoms with Gasteiger partial charge < -0.3 is 9.63 Å².